The van der Waals surface area contributed by atoms with Crippen LogP contribution in [0.1, 0.15) is 5.56 Å². The quantitative estimate of drug-likeness (QED) is 0.771. The third-order valence-electron chi connectivity index (χ3n) is 3.06. The molecule has 1 fully saturated rings. The maximum Gasteiger partial charge on any atom is 0.0868 e. The molecular formula is C13H16N2O. The van der Waals surface area contributed by atoms with Gasteiger partial charge in [-0.15, -0.1) is 0 Å². The Morgan fingerprint density at radius 2 is 2.12 bits per heavy atom. The number of rotatable bonds is 3. The highest BCUT2D eigenvalue weighted by Crippen LogP contribution is 2.20. The van der Waals surface area contributed by atoms with Crippen LogP contribution in [0.15, 0.2) is 30.3 Å². The van der Waals surface area contributed by atoms with Crippen molar-refractivity contribution in [1.29, 1.82) is 5.26 Å². The van der Waals surface area contributed by atoms with E-state index in [1.807, 2.05) is 18.2 Å². The van der Waals surface area contributed by atoms with Crippen molar-refractivity contribution in [3.05, 3.63) is 35.9 Å². The van der Waals surface area contributed by atoms with Crippen molar-refractivity contribution < 1.29 is 4.74 Å². The molecular weight excluding hydrogens is 200 g/mol. The number of benzene rings is 1. The Hall–Kier alpha value is -1.37. The third kappa shape index (κ3) is 2.41. The molecule has 3 heteroatoms. The molecule has 0 spiro atoms. The van der Waals surface area contributed by atoms with Gasteiger partial charge in [0.15, 0.2) is 0 Å². The van der Waals surface area contributed by atoms with Crippen molar-refractivity contribution >= 4 is 0 Å². The fraction of sp³-hybridized carbons (Fsp3) is 0.462. The largest absolute Gasteiger partial charge is 0.379 e. The lowest BCUT2D eigenvalue weighted by molar-refractivity contribution is 0.0918. The second-order valence-corrected chi connectivity index (χ2v) is 4.19. The summed E-state index contributed by atoms with van der Waals surface area (Å²) < 4.78 is 5.32. The number of methoxy groups -OCH3 is 1. The SMILES string of the molecule is CO[C@H]1CN(Cc2ccccc2)C[C@@H]1C#N. The molecule has 2 rings (SSSR count). The van der Waals surface area contributed by atoms with E-state index in [9.17, 15) is 0 Å². The van der Waals surface area contributed by atoms with E-state index in [2.05, 4.69) is 23.1 Å². The Morgan fingerprint density at radius 3 is 2.69 bits per heavy atom. The lowest BCUT2D eigenvalue weighted by Crippen LogP contribution is -2.22. The number of hydrogen-bond acceptors (Lipinski definition) is 3. The number of hydrogen-bond donors (Lipinski definition) is 0. The van der Waals surface area contributed by atoms with E-state index < -0.39 is 0 Å². The summed E-state index contributed by atoms with van der Waals surface area (Å²) in [5.41, 5.74) is 1.29. The Kier molecular flexibility index (Phi) is 3.55. The normalized spacial score (nSPS) is 25.5. The average Bonchev–Trinajstić information content (AvgIpc) is 2.72. The van der Waals surface area contributed by atoms with Crippen molar-refractivity contribution in [2.45, 2.75) is 12.6 Å². The molecule has 84 valence electrons. The van der Waals surface area contributed by atoms with Crippen LogP contribution in [0.3, 0.4) is 0 Å². The molecule has 0 aromatic heterocycles. The van der Waals surface area contributed by atoms with Crippen molar-refractivity contribution in [2.75, 3.05) is 20.2 Å². The Bertz CT molecular complexity index is 371. The zero-order chi connectivity index (χ0) is 11.4. The molecule has 1 aromatic rings. The molecule has 2 atom stereocenters. The lowest BCUT2D eigenvalue weighted by Gasteiger charge is -2.14. The smallest absolute Gasteiger partial charge is 0.0868 e. The fourth-order valence-electron chi connectivity index (χ4n) is 2.19. The van der Waals surface area contributed by atoms with Crippen molar-refractivity contribution in [3.63, 3.8) is 0 Å². The second-order valence-electron chi connectivity index (χ2n) is 4.19. The van der Waals surface area contributed by atoms with Gasteiger partial charge in [-0.25, -0.2) is 0 Å². The zero-order valence-corrected chi connectivity index (χ0v) is 9.47. The summed E-state index contributed by atoms with van der Waals surface area (Å²) in [6, 6.07) is 12.6. The molecule has 0 N–H and O–H groups in total. The van der Waals surface area contributed by atoms with Crippen LogP contribution in [-0.2, 0) is 11.3 Å². The molecule has 0 bridgehead atoms. The summed E-state index contributed by atoms with van der Waals surface area (Å²) in [6.45, 7) is 2.56. The Labute approximate surface area is 96.2 Å². The Morgan fingerprint density at radius 1 is 1.38 bits per heavy atom. The van der Waals surface area contributed by atoms with Gasteiger partial charge >= 0.3 is 0 Å². The summed E-state index contributed by atoms with van der Waals surface area (Å²) in [5, 5.41) is 8.99. The van der Waals surface area contributed by atoms with Crippen LogP contribution in [0.2, 0.25) is 0 Å². The van der Waals surface area contributed by atoms with Gasteiger partial charge in [0.2, 0.25) is 0 Å². The summed E-state index contributed by atoms with van der Waals surface area (Å²) in [4.78, 5) is 2.28. The van der Waals surface area contributed by atoms with Gasteiger partial charge in [0.05, 0.1) is 18.1 Å². The lowest BCUT2D eigenvalue weighted by atomic mass is 10.1. The van der Waals surface area contributed by atoms with Crippen LogP contribution in [0.4, 0.5) is 0 Å². The predicted octanol–water partition coefficient (Wildman–Crippen LogP) is 1.66. The van der Waals surface area contributed by atoms with Crippen LogP contribution in [0.5, 0.6) is 0 Å². The van der Waals surface area contributed by atoms with Gasteiger partial charge in [-0.1, -0.05) is 30.3 Å². The minimum atomic E-state index is 0.00807. The van der Waals surface area contributed by atoms with E-state index in [0.29, 0.717) is 0 Å². The molecule has 0 saturated carbocycles. The third-order valence-corrected chi connectivity index (χ3v) is 3.06. The molecule has 1 aliphatic heterocycles. The molecule has 16 heavy (non-hydrogen) atoms. The topological polar surface area (TPSA) is 36.3 Å². The van der Waals surface area contributed by atoms with Gasteiger partial charge in [0, 0.05) is 26.7 Å². The minimum absolute atomic E-state index is 0.00807. The highest BCUT2D eigenvalue weighted by Gasteiger charge is 2.32. The first-order valence-electron chi connectivity index (χ1n) is 5.52. The first-order valence-corrected chi connectivity index (χ1v) is 5.52. The van der Waals surface area contributed by atoms with Gasteiger partial charge in [-0.2, -0.15) is 5.26 Å². The molecule has 0 amide bonds. The van der Waals surface area contributed by atoms with Crippen LogP contribution in [0.25, 0.3) is 0 Å². The van der Waals surface area contributed by atoms with E-state index in [0.717, 1.165) is 19.6 Å². The van der Waals surface area contributed by atoms with Crippen molar-refractivity contribution in [1.82, 2.24) is 4.90 Å². The molecule has 1 aromatic carbocycles. The van der Waals surface area contributed by atoms with E-state index in [1.54, 1.807) is 7.11 Å². The van der Waals surface area contributed by atoms with Gasteiger partial charge in [-0.05, 0) is 5.56 Å². The minimum Gasteiger partial charge on any atom is -0.379 e. The number of nitriles is 1. The maximum absolute atomic E-state index is 8.99. The first-order chi connectivity index (χ1) is 7.83. The fourth-order valence-corrected chi connectivity index (χ4v) is 2.19. The maximum atomic E-state index is 8.99. The molecule has 0 unspecified atom stereocenters. The first kappa shape index (κ1) is 11.1. The highest BCUT2D eigenvalue weighted by atomic mass is 16.5. The van der Waals surface area contributed by atoms with Crippen molar-refractivity contribution in [3.8, 4) is 6.07 Å². The predicted molar refractivity (Wildman–Crippen MR) is 61.6 cm³/mol. The van der Waals surface area contributed by atoms with Crippen molar-refractivity contribution in [2.24, 2.45) is 5.92 Å². The average molecular weight is 216 g/mol. The zero-order valence-electron chi connectivity index (χ0n) is 9.47. The Balaban J connectivity index is 1.96. The molecule has 1 saturated heterocycles. The van der Waals surface area contributed by atoms with E-state index in [-0.39, 0.29) is 12.0 Å². The van der Waals surface area contributed by atoms with Crippen LogP contribution < -0.4 is 0 Å². The molecule has 3 nitrogen and oxygen atoms in total. The monoisotopic (exact) mass is 216 g/mol. The van der Waals surface area contributed by atoms with E-state index >= 15 is 0 Å². The highest BCUT2D eigenvalue weighted by molar-refractivity contribution is 5.15. The molecule has 1 heterocycles. The second kappa shape index (κ2) is 5.11. The molecule has 0 aliphatic carbocycles. The van der Waals surface area contributed by atoms with E-state index in [4.69, 9.17) is 10.00 Å². The number of likely N-dealkylation sites (tertiary alicyclic amines) is 1. The van der Waals surface area contributed by atoms with Crippen LogP contribution in [0, 0.1) is 17.2 Å². The number of ether oxygens (including phenoxy) is 1. The summed E-state index contributed by atoms with van der Waals surface area (Å²) in [5.74, 6) is 0.00807. The standard InChI is InChI=1S/C13H16N2O/c1-16-13-10-15(9-12(13)7-14)8-11-5-3-2-4-6-11/h2-6,12-13H,8-10H2,1H3/t12-,13-/m0/s1. The molecule has 0 radical (unpaired) electrons. The van der Waals surface area contributed by atoms with Crippen LogP contribution >= 0.6 is 0 Å². The van der Waals surface area contributed by atoms with E-state index in [1.165, 1.54) is 5.56 Å². The van der Waals surface area contributed by atoms with Gasteiger partial charge in [0.1, 0.15) is 0 Å². The summed E-state index contributed by atoms with van der Waals surface area (Å²) in [6.07, 6.45) is 0.0636. The summed E-state index contributed by atoms with van der Waals surface area (Å²) in [7, 11) is 1.68. The van der Waals surface area contributed by atoms with Crippen LogP contribution in [-0.4, -0.2) is 31.2 Å². The van der Waals surface area contributed by atoms with Gasteiger partial charge < -0.3 is 4.74 Å². The van der Waals surface area contributed by atoms with Gasteiger partial charge in [-0.3, -0.25) is 4.90 Å². The molecule has 1 aliphatic rings. The van der Waals surface area contributed by atoms with Gasteiger partial charge in [0.25, 0.3) is 0 Å². The summed E-state index contributed by atoms with van der Waals surface area (Å²) >= 11 is 0. The number of nitrogens with zero attached hydrogens (tertiary/aromatic N) is 2.